The zero-order valence-electron chi connectivity index (χ0n) is 10.9. The van der Waals surface area contributed by atoms with E-state index in [-0.39, 0.29) is 12.3 Å². The second-order valence-electron chi connectivity index (χ2n) is 4.52. The van der Waals surface area contributed by atoms with E-state index in [0.717, 1.165) is 11.0 Å². The number of aromatic nitrogens is 2. The summed E-state index contributed by atoms with van der Waals surface area (Å²) in [5.74, 6) is -0.215. The molecule has 0 spiro atoms. The monoisotopic (exact) mass is 319 g/mol. The highest BCUT2D eigenvalue weighted by molar-refractivity contribution is 6.36. The van der Waals surface area contributed by atoms with Gasteiger partial charge in [-0.1, -0.05) is 41.4 Å². The van der Waals surface area contributed by atoms with Crippen molar-refractivity contribution in [2.24, 2.45) is 0 Å². The van der Waals surface area contributed by atoms with E-state index in [2.05, 4.69) is 10.4 Å². The molecule has 0 saturated heterocycles. The van der Waals surface area contributed by atoms with Crippen LogP contribution in [-0.4, -0.2) is 15.6 Å². The second kappa shape index (κ2) is 5.76. The predicted molar refractivity (Wildman–Crippen MR) is 84.3 cm³/mol. The Kier molecular flexibility index (Phi) is 3.82. The quantitative estimate of drug-likeness (QED) is 0.800. The largest absolute Gasteiger partial charge is 0.273 e. The average molecular weight is 320 g/mol. The molecule has 2 aromatic carbocycles. The zero-order chi connectivity index (χ0) is 14.8. The molecule has 4 nitrogen and oxygen atoms in total. The standard InChI is InChI=1S/C15H11Cl2N3O/c16-11-4-3-5-12(17)10(11)8-15(21)19-20-9-18-13-6-1-2-7-14(13)20/h1-7,9H,8H2,(H,19,21). The summed E-state index contributed by atoms with van der Waals surface area (Å²) < 4.78 is 1.59. The summed E-state index contributed by atoms with van der Waals surface area (Å²) in [5, 5.41) is 0.960. The van der Waals surface area contributed by atoms with Crippen molar-refractivity contribution in [2.45, 2.75) is 6.42 Å². The van der Waals surface area contributed by atoms with Gasteiger partial charge in [0.05, 0.1) is 17.5 Å². The lowest BCUT2D eigenvalue weighted by atomic mass is 10.1. The average Bonchev–Trinajstić information content (AvgIpc) is 2.87. The van der Waals surface area contributed by atoms with Gasteiger partial charge in [-0.25, -0.2) is 9.66 Å². The summed E-state index contributed by atoms with van der Waals surface area (Å²) in [4.78, 5) is 16.4. The number of nitrogens with one attached hydrogen (secondary N) is 1. The van der Waals surface area contributed by atoms with Gasteiger partial charge in [-0.15, -0.1) is 0 Å². The summed E-state index contributed by atoms with van der Waals surface area (Å²) in [6.07, 6.45) is 1.67. The van der Waals surface area contributed by atoms with E-state index in [4.69, 9.17) is 23.2 Å². The summed E-state index contributed by atoms with van der Waals surface area (Å²) >= 11 is 12.1. The lowest BCUT2D eigenvalue weighted by molar-refractivity contribution is -0.116. The molecule has 0 aliphatic carbocycles. The van der Waals surface area contributed by atoms with Crippen LogP contribution in [0, 0.1) is 0 Å². The highest BCUT2D eigenvalue weighted by Crippen LogP contribution is 2.24. The first-order valence-corrected chi connectivity index (χ1v) is 7.05. The summed E-state index contributed by atoms with van der Waals surface area (Å²) in [6.45, 7) is 0. The smallest absolute Gasteiger partial charge is 0.243 e. The fraction of sp³-hybridized carbons (Fsp3) is 0.0667. The highest BCUT2D eigenvalue weighted by Gasteiger charge is 2.12. The second-order valence-corrected chi connectivity index (χ2v) is 5.33. The van der Waals surface area contributed by atoms with Gasteiger partial charge in [0, 0.05) is 10.0 Å². The SMILES string of the molecule is O=C(Cc1c(Cl)cccc1Cl)Nn1cnc2ccccc21. The minimum absolute atomic E-state index is 0.102. The number of hydrogen-bond donors (Lipinski definition) is 1. The van der Waals surface area contributed by atoms with Crippen LogP contribution in [0.25, 0.3) is 11.0 Å². The number of carbonyl (C=O) groups is 1. The molecule has 1 amide bonds. The van der Waals surface area contributed by atoms with Crippen LogP contribution in [0.5, 0.6) is 0 Å². The number of halogens is 2. The van der Waals surface area contributed by atoms with Crippen LogP contribution in [0.3, 0.4) is 0 Å². The third-order valence-corrected chi connectivity index (χ3v) is 3.81. The summed E-state index contributed by atoms with van der Waals surface area (Å²) in [6, 6.07) is 12.7. The normalized spacial score (nSPS) is 10.8. The van der Waals surface area contributed by atoms with Gasteiger partial charge in [0.2, 0.25) is 5.91 Å². The fourth-order valence-electron chi connectivity index (χ4n) is 2.08. The Morgan fingerprint density at radius 1 is 1.10 bits per heavy atom. The lowest BCUT2D eigenvalue weighted by Crippen LogP contribution is -2.23. The van der Waals surface area contributed by atoms with Crippen molar-refractivity contribution in [3.63, 3.8) is 0 Å². The summed E-state index contributed by atoms with van der Waals surface area (Å²) in [7, 11) is 0. The Bertz CT molecular complexity index is 793. The van der Waals surface area contributed by atoms with Crippen molar-refractivity contribution in [1.29, 1.82) is 0 Å². The van der Waals surface area contributed by atoms with Crippen LogP contribution in [0.1, 0.15) is 5.56 Å². The van der Waals surface area contributed by atoms with E-state index < -0.39 is 0 Å². The molecule has 0 radical (unpaired) electrons. The van der Waals surface area contributed by atoms with Crippen molar-refractivity contribution >= 4 is 40.1 Å². The number of amides is 1. The molecule has 21 heavy (non-hydrogen) atoms. The molecule has 0 atom stereocenters. The minimum atomic E-state index is -0.215. The van der Waals surface area contributed by atoms with Crippen LogP contribution in [0.15, 0.2) is 48.8 Å². The molecule has 1 heterocycles. The topological polar surface area (TPSA) is 46.9 Å². The molecule has 6 heteroatoms. The van der Waals surface area contributed by atoms with Crippen LogP contribution < -0.4 is 5.43 Å². The molecule has 0 fully saturated rings. The Hall–Kier alpha value is -2.04. The predicted octanol–water partition coefficient (Wildman–Crippen LogP) is 3.66. The van der Waals surface area contributed by atoms with E-state index in [1.165, 1.54) is 0 Å². The molecular weight excluding hydrogens is 309 g/mol. The molecule has 0 bridgehead atoms. The molecule has 0 aliphatic rings. The zero-order valence-corrected chi connectivity index (χ0v) is 12.4. The number of para-hydroxylation sites is 2. The van der Waals surface area contributed by atoms with Crippen molar-refractivity contribution in [2.75, 3.05) is 5.43 Å². The number of nitrogens with zero attached hydrogens (tertiary/aromatic N) is 2. The number of rotatable bonds is 3. The number of benzene rings is 2. The molecular formula is C15H11Cl2N3O. The van der Waals surface area contributed by atoms with Crippen molar-refractivity contribution in [3.05, 3.63) is 64.4 Å². The van der Waals surface area contributed by atoms with Gasteiger partial charge in [0.1, 0.15) is 6.33 Å². The van der Waals surface area contributed by atoms with Crippen LogP contribution >= 0.6 is 23.2 Å². The molecule has 1 N–H and O–H groups in total. The Labute approximate surface area is 131 Å². The minimum Gasteiger partial charge on any atom is -0.273 e. The van der Waals surface area contributed by atoms with E-state index in [9.17, 15) is 4.79 Å². The fourth-order valence-corrected chi connectivity index (χ4v) is 2.61. The van der Waals surface area contributed by atoms with Gasteiger partial charge < -0.3 is 0 Å². The molecule has 106 valence electrons. The van der Waals surface area contributed by atoms with Crippen LogP contribution in [0.4, 0.5) is 0 Å². The number of fused-ring (bicyclic) bond motifs is 1. The van der Waals surface area contributed by atoms with Gasteiger partial charge in [0.15, 0.2) is 0 Å². The molecule has 3 aromatic rings. The molecule has 0 aliphatic heterocycles. The van der Waals surface area contributed by atoms with E-state index in [0.29, 0.717) is 15.6 Å². The first-order valence-electron chi connectivity index (χ1n) is 6.30. The first-order chi connectivity index (χ1) is 10.1. The third kappa shape index (κ3) is 2.86. The third-order valence-electron chi connectivity index (χ3n) is 3.10. The Balaban J connectivity index is 1.81. The maximum Gasteiger partial charge on any atom is 0.243 e. The van der Waals surface area contributed by atoms with Crippen molar-refractivity contribution < 1.29 is 4.79 Å². The first kappa shape index (κ1) is 13.9. The van der Waals surface area contributed by atoms with Gasteiger partial charge in [-0.05, 0) is 29.8 Å². The van der Waals surface area contributed by atoms with E-state index >= 15 is 0 Å². The van der Waals surface area contributed by atoms with Crippen LogP contribution in [0.2, 0.25) is 10.0 Å². The summed E-state index contributed by atoms with van der Waals surface area (Å²) in [5.41, 5.74) is 5.02. The highest BCUT2D eigenvalue weighted by atomic mass is 35.5. The van der Waals surface area contributed by atoms with Gasteiger partial charge in [0.25, 0.3) is 0 Å². The lowest BCUT2D eigenvalue weighted by Gasteiger charge is -2.09. The molecule has 0 unspecified atom stereocenters. The number of hydrogen-bond acceptors (Lipinski definition) is 2. The van der Waals surface area contributed by atoms with E-state index in [1.54, 1.807) is 29.2 Å². The Morgan fingerprint density at radius 3 is 2.57 bits per heavy atom. The van der Waals surface area contributed by atoms with Crippen molar-refractivity contribution in [3.8, 4) is 0 Å². The molecule has 3 rings (SSSR count). The maximum atomic E-state index is 12.2. The number of imidazole rings is 1. The van der Waals surface area contributed by atoms with Gasteiger partial charge in [-0.3, -0.25) is 10.2 Å². The molecule has 1 aromatic heterocycles. The van der Waals surface area contributed by atoms with Gasteiger partial charge in [-0.2, -0.15) is 0 Å². The van der Waals surface area contributed by atoms with E-state index in [1.807, 2.05) is 24.3 Å². The van der Waals surface area contributed by atoms with Crippen LogP contribution in [-0.2, 0) is 11.2 Å². The van der Waals surface area contributed by atoms with Gasteiger partial charge >= 0.3 is 0 Å². The number of carbonyl (C=O) groups excluding carboxylic acids is 1. The molecule has 0 saturated carbocycles. The maximum absolute atomic E-state index is 12.2. The van der Waals surface area contributed by atoms with Crippen molar-refractivity contribution in [1.82, 2.24) is 9.66 Å². The Morgan fingerprint density at radius 2 is 1.81 bits per heavy atom.